The van der Waals surface area contributed by atoms with Gasteiger partial charge in [-0.3, -0.25) is 4.79 Å². The summed E-state index contributed by atoms with van der Waals surface area (Å²) in [4.78, 5) is 36.6. The van der Waals surface area contributed by atoms with Gasteiger partial charge in [0.05, 0.1) is 43.5 Å². The van der Waals surface area contributed by atoms with E-state index in [-0.39, 0.29) is 22.4 Å². The summed E-state index contributed by atoms with van der Waals surface area (Å²) >= 11 is 3.40. The number of carbonyl (C=O) groups excluding carboxylic acids is 3. The standard InChI is InChI=1S/C21H22BrNO7/c1-5-6-30-18-16(22)10-12(11-17(18)27-2)19(24)23-15-8-13(20(25)28-3)7-14(9-15)21(26)29-4/h7-11H,5-6H2,1-4H3,(H,23,24). The molecule has 0 fully saturated rings. The Morgan fingerprint density at radius 2 is 1.50 bits per heavy atom. The minimum absolute atomic E-state index is 0.0952. The Morgan fingerprint density at radius 1 is 0.900 bits per heavy atom. The Balaban J connectivity index is 2.38. The number of anilines is 1. The first-order valence-electron chi connectivity index (χ1n) is 8.98. The average Bonchev–Trinajstić information content (AvgIpc) is 2.76. The molecule has 0 bridgehead atoms. The van der Waals surface area contributed by atoms with E-state index in [1.165, 1.54) is 45.6 Å². The third-order valence-electron chi connectivity index (χ3n) is 3.98. The number of methoxy groups -OCH3 is 3. The highest BCUT2D eigenvalue weighted by Gasteiger charge is 2.18. The van der Waals surface area contributed by atoms with Gasteiger partial charge in [0, 0.05) is 11.3 Å². The van der Waals surface area contributed by atoms with Crippen molar-refractivity contribution < 1.29 is 33.3 Å². The van der Waals surface area contributed by atoms with Crippen molar-refractivity contribution in [2.24, 2.45) is 0 Å². The highest BCUT2D eigenvalue weighted by Crippen LogP contribution is 2.37. The van der Waals surface area contributed by atoms with E-state index < -0.39 is 17.8 Å². The third kappa shape index (κ3) is 5.50. The predicted octanol–water partition coefficient (Wildman–Crippen LogP) is 4.07. The first-order valence-corrected chi connectivity index (χ1v) is 9.77. The maximum absolute atomic E-state index is 12.8. The fourth-order valence-electron chi connectivity index (χ4n) is 2.57. The SMILES string of the molecule is CCCOc1c(Br)cc(C(=O)Nc2cc(C(=O)OC)cc(C(=O)OC)c2)cc1OC. The molecule has 0 aliphatic heterocycles. The molecule has 0 saturated carbocycles. The number of amides is 1. The molecule has 0 atom stereocenters. The van der Waals surface area contributed by atoms with Crippen molar-refractivity contribution >= 4 is 39.5 Å². The quantitative estimate of drug-likeness (QED) is 0.569. The van der Waals surface area contributed by atoms with Crippen LogP contribution in [0.15, 0.2) is 34.8 Å². The minimum Gasteiger partial charge on any atom is -0.493 e. The molecule has 9 heteroatoms. The number of rotatable bonds is 8. The number of esters is 2. The lowest BCUT2D eigenvalue weighted by molar-refractivity contribution is 0.0599. The first kappa shape index (κ1) is 23.2. The van der Waals surface area contributed by atoms with E-state index in [0.29, 0.717) is 22.6 Å². The summed E-state index contributed by atoms with van der Waals surface area (Å²) in [6.07, 6.45) is 0.816. The molecular weight excluding hydrogens is 458 g/mol. The predicted molar refractivity (Wildman–Crippen MR) is 114 cm³/mol. The molecule has 30 heavy (non-hydrogen) atoms. The molecule has 0 saturated heterocycles. The summed E-state index contributed by atoms with van der Waals surface area (Å²) in [5, 5.41) is 2.67. The lowest BCUT2D eigenvalue weighted by Gasteiger charge is -2.14. The Bertz CT molecular complexity index is 924. The number of nitrogens with one attached hydrogen (secondary N) is 1. The Morgan fingerprint density at radius 3 is 2.00 bits per heavy atom. The topological polar surface area (TPSA) is 100 Å². The van der Waals surface area contributed by atoms with Gasteiger partial charge < -0.3 is 24.3 Å². The maximum Gasteiger partial charge on any atom is 0.337 e. The fourth-order valence-corrected chi connectivity index (χ4v) is 3.13. The summed E-state index contributed by atoms with van der Waals surface area (Å²) in [6.45, 7) is 2.48. The van der Waals surface area contributed by atoms with Gasteiger partial charge in [0.2, 0.25) is 0 Å². The van der Waals surface area contributed by atoms with Crippen molar-refractivity contribution in [1.29, 1.82) is 0 Å². The molecule has 0 heterocycles. The van der Waals surface area contributed by atoms with E-state index in [0.717, 1.165) is 6.42 Å². The van der Waals surface area contributed by atoms with E-state index in [4.69, 9.17) is 18.9 Å². The van der Waals surface area contributed by atoms with Crippen molar-refractivity contribution in [3.63, 3.8) is 0 Å². The van der Waals surface area contributed by atoms with Crippen molar-refractivity contribution in [2.45, 2.75) is 13.3 Å². The summed E-state index contributed by atoms with van der Waals surface area (Å²) in [5.74, 6) is -0.900. The number of halogens is 1. The second-order valence-electron chi connectivity index (χ2n) is 6.07. The number of ether oxygens (including phenoxy) is 4. The Hall–Kier alpha value is -3.07. The van der Waals surface area contributed by atoms with Crippen LogP contribution in [0.4, 0.5) is 5.69 Å². The van der Waals surface area contributed by atoms with Crippen molar-refractivity contribution in [3.8, 4) is 11.5 Å². The molecule has 0 unspecified atom stereocenters. The largest absolute Gasteiger partial charge is 0.493 e. The Kier molecular flexibility index (Phi) is 8.23. The van der Waals surface area contributed by atoms with Gasteiger partial charge >= 0.3 is 11.9 Å². The van der Waals surface area contributed by atoms with E-state index in [2.05, 4.69) is 21.2 Å². The van der Waals surface area contributed by atoms with E-state index in [1.807, 2.05) is 6.92 Å². The van der Waals surface area contributed by atoms with Crippen LogP contribution in [0.1, 0.15) is 44.4 Å². The van der Waals surface area contributed by atoms with Crippen molar-refractivity contribution in [3.05, 3.63) is 51.5 Å². The van der Waals surface area contributed by atoms with Crippen molar-refractivity contribution in [1.82, 2.24) is 0 Å². The molecular formula is C21H22BrNO7. The van der Waals surface area contributed by atoms with Gasteiger partial charge in [-0.1, -0.05) is 6.92 Å². The van der Waals surface area contributed by atoms with Crippen LogP contribution in [-0.4, -0.2) is 45.8 Å². The zero-order valence-corrected chi connectivity index (χ0v) is 18.6. The number of hydrogen-bond donors (Lipinski definition) is 1. The molecule has 0 radical (unpaired) electrons. The lowest BCUT2D eigenvalue weighted by atomic mass is 10.1. The van der Waals surface area contributed by atoms with Gasteiger partial charge in [0.1, 0.15) is 0 Å². The van der Waals surface area contributed by atoms with Gasteiger partial charge in [0.25, 0.3) is 5.91 Å². The van der Waals surface area contributed by atoms with Crippen LogP contribution < -0.4 is 14.8 Å². The highest BCUT2D eigenvalue weighted by molar-refractivity contribution is 9.10. The third-order valence-corrected chi connectivity index (χ3v) is 4.56. The number of benzene rings is 2. The summed E-state index contributed by atoms with van der Waals surface area (Å²) in [5.41, 5.74) is 0.700. The monoisotopic (exact) mass is 479 g/mol. The van der Waals surface area contributed by atoms with Gasteiger partial charge in [-0.05, 0) is 52.7 Å². The van der Waals surface area contributed by atoms with E-state index in [9.17, 15) is 14.4 Å². The molecule has 0 spiro atoms. The number of carbonyl (C=O) groups is 3. The molecule has 0 aliphatic carbocycles. The van der Waals surface area contributed by atoms with Crippen LogP contribution in [0.2, 0.25) is 0 Å². The van der Waals surface area contributed by atoms with Crippen LogP contribution in [0, 0.1) is 0 Å². The molecule has 2 aromatic rings. The molecule has 1 amide bonds. The van der Waals surface area contributed by atoms with Crippen LogP contribution in [0.5, 0.6) is 11.5 Å². The lowest BCUT2D eigenvalue weighted by Crippen LogP contribution is -2.15. The Labute approximate surface area is 182 Å². The molecule has 1 N–H and O–H groups in total. The smallest absolute Gasteiger partial charge is 0.337 e. The van der Waals surface area contributed by atoms with E-state index in [1.54, 1.807) is 6.07 Å². The van der Waals surface area contributed by atoms with Gasteiger partial charge in [0.15, 0.2) is 11.5 Å². The summed E-state index contributed by atoms with van der Waals surface area (Å²) in [7, 11) is 3.92. The first-order chi connectivity index (χ1) is 14.3. The molecule has 8 nitrogen and oxygen atoms in total. The van der Waals surface area contributed by atoms with Crippen LogP contribution in [0.25, 0.3) is 0 Å². The maximum atomic E-state index is 12.8. The zero-order valence-electron chi connectivity index (χ0n) is 17.0. The van der Waals surface area contributed by atoms with Crippen LogP contribution in [-0.2, 0) is 9.47 Å². The van der Waals surface area contributed by atoms with Gasteiger partial charge in [-0.2, -0.15) is 0 Å². The second-order valence-corrected chi connectivity index (χ2v) is 6.93. The van der Waals surface area contributed by atoms with Crippen molar-refractivity contribution in [2.75, 3.05) is 33.3 Å². The fraction of sp³-hybridized carbons (Fsp3) is 0.286. The average molecular weight is 480 g/mol. The molecule has 160 valence electrons. The van der Waals surface area contributed by atoms with Gasteiger partial charge in [-0.25, -0.2) is 9.59 Å². The zero-order chi connectivity index (χ0) is 22.3. The minimum atomic E-state index is -0.655. The summed E-state index contributed by atoms with van der Waals surface area (Å²) in [6, 6.07) is 7.26. The summed E-state index contributed by atoms with van der Waals surface area (Å²) < 4.78 is 21.0. The van der Waals surface area contributed by atoms with E-state index >= 15 is 0 Å². The molecule has 2 rings (SSSR count). The highest BCUT2D eigenvalue weighted by atomic mass is 79.9. The molecule has 2 aromatic carbocycles. The van der Waals surface area contributed by atoms with Gasteiger partial charge in [-0.15, -0.1) is 0 Å². The molecule has 0 aromatic heterocycles. The normalized spacial score (nSPS) is 10.2. The number of hydrogen-bond acceptors (Lipinski definition) is 7. The van der Waals surface area contributed by atoms with Crippen LogP contribution >= 0.6 is 15.9 Å². The second kappa shape index (κ2) is 10.6. The van der Waals surface area contributed by atoms with Crippen LogP contribution in [0.3, 0.4) is 0 Å². The molecule has 0 aliphatic rings.